The van der Waals surface area contributed by atoms with Crippen LogP contribution in [0, 0.1) is 22.7 Å². The van der Waals surface area contributed by atoms with Gasteiger partial charge in [-0.1, -0.05) is 36.4 Å². The van der Waals surface area contributed by atoms with E-state index in [1.54, 1.807) is 32.9 Å². The second-order valence-corrected chi connectivity index (χ2v) is 8.28. The standard InChI is InChI=1S/C21H21N3O2Si/c1-21(2,3)26-20(25)24-27-19(14-23)12-15-4-8-17(9-5-15)18-10-6-16(13-22)7-11-18/h4-11,19H,12H2,1-3H3,(H,24,25)/t19-/m0/s1. The molecule has 0 saturated carbocycles. The topological polar surface area (TPSA) is 85.9 Å². The smallest absolute Gasteiger partial charge is 0.399 e. The highest BCUT2D eigenvalue weighted by Gasteiger charge is 2.18. The highest BCUT2D eigenvalue weighted by atomic mass is 28.2. The summed E-state index contributed by atoms with van der Waals surface area (Å²) in [6, 6.07) is 19.7. The van der Waals surface area contributed by atoms with Crippen LogP contribution in [0.1, 0.15) is 31.9 Å². The molecule has 0 saturated heterocycles. The predicted octanol–water partition coefficient (Wildman–Crippen LogP) is 4.22. The number of nitrogens with zero attached hydrogens (tertiary/aromatic N) is 2. The fourth-order valence-corrected chi connectivity index (χ4v) is 3.13. The average Bonchev–Trinajstić information content (AvgIpc) is 2.64. The molecule has 136 valence electrons. The molecule has 2 radical (unpaired) electrons. The van der Waals surface area contributed by atoms with Gasteiger partial charge in [0.2, 0.25) is 9.68 Å². The number of carbonyl (C=O) groups is 1. The average molecular weight is 376 g/mol. The zero-order valence-electron chi connectivity index (χ0n) is 15.6. The number of carbonyl (C=O) groups excluding carboxylic acids is 1. The van der Waals surface area contributed by atoms with Crippen LogP contribution in [0.25, 0.3) is 11.1 Å². The van der Waals surface area contributed by atoms with E-state index in [2.05, 4.69) is 17.1 Å². The minimum atomic E-state index is -0.558. The molecule has 0 bridgehead atoms. The van der Waals surface area contributed by atoms with Crippen molar-refractivity contribution in [3.05, 3.63) is 59.7 Å². The molecule has 0 heterocycles. The van der Waals surface area contributed by atoms with Crippen molar-refractivity contribution in [2.75, 3.05) is 0 Å². The summed E-state index contributed by atoms with van der Waals surface area (Å²) in [4.78, 5) is 14.4. The first-order valence-electron chi connectivity index (χ1n) is 8.54. The molecule has 0 spiro atoms. The molecule has 0 aliphatic heterocycles. The van der Waals surface area contributed by atoms with E-state index in [0.717, 1.165) is 16.7 Å². The maximum Gasteiger partial charge on any atom is 0.399 e. The van der Waals surface area contributed by atoms with Crippen molar-refractivity contribution in [1.29, 1.82) is 10.5 Å². The third-order valence-corrected chi connectivity index (χ3v) is 4.67. The normalized spacial score (nSPS) is 11.7. The highest BCUT2D eigenvalue weighted by Crippen LogP contribution is 2.22. The van der Waals surface area contributed by atoms with Gasteiger partial charge in [-0.2, -0.15) is 10.5 Å². The van der Waals surface area contributed by atoms with Crippen LogP contribution in [0.4, 0.5) is 4.79 Å². The number of nitrogens with one attached hydrogen (secondary N) is 1. The first-order valence-corrected chi connectivity index (χ1v) is 9.62. The largest absolute Gasteiger partial charge is 0.444 e. The van der Waals surface area contributed by atoms with Crippen LogP contribution in [-0.2, 0) is 11.2 Å². The van der Waals surface area contributed by atoms with Gasteiger partial charge in [-0.05, 0) is 56.0 Å². The quantitative estimate of drug-likeness (QED) is 0.793. The molecule has 0 aliphatic carbocycles. The highest BCUT2D eigenvalue weighted by molar-refractivity contribution is 6.39. The molecule has 2 rings (SSSR count). The molecule has 6 heteroatoms. The lowest BCUT2D eigenvalue weighted by molar-refractivity contribution is 0.0568. The lowest BCUT2D eigenvalue weighted by atomic mass is 10.0. The van der Waals surface area contributed by atoms with Crippen molar-refractivity contribution in [3.8, 4) is 23.3 Å². The number of ether oxygens (including phenoxy) is 1. The molecule has 27 heavy (non-hydrogen) atoms. The van der Waals surface area contributed by atoms with Crippen LogP contribution in [0.2, 0.25) is 5.54 Å². The Hall–Kier alpha value is -3.09. The van der Waals surface area contributed by atoms with Crippen LogP contribution in [-0.4, -0.2) is 21.4 Å². The molecule has 0 aromatic heterocycles. The van der Waals surface area contributed by atoms with Crippen LogP contribution in [0.15, 0.2) is 48.5 Å². The molecular formula is C21H21N3O2Si. The van der Waals surface area contributed by atoms with E-state index < -0.39 is 11.7 Å². The predicted molar refractivity (Wildman–Crippen MR) is 105 cm³/mol. The minimum absolute atomic E-state index is 0.0327. The van der Waals surface area contributed by atoms with Crippen molar-refractivity contribution in [2.24, 2.45) is 0 Å². The lowest BCUT2D eigenvalue weighted by Gasteiger charge is -2.20. The summed E-state index contributed by atoms with van der Waals surface area (Å²) in [5, 5.41) is 18.2. The van der Waals surface area contributed by atoms with Crippen molar-refractivity contribution in [3.63, 3.8) is 0 Å². The lowest BCUT2D eigenvalue weighted by Crippen LogP contribution is -2.36. The second kappa shape index (κ2) is 9.02. The maximum absolute atomic E-state index is 11.7. The number of nitriles is 2. The number of benzene rings is 2. The Morgan fingerprint density at radius 3 is 2.11 bits per heavy atom. The Morgan fingerprint density at radius 1 is 1.07 bits per heavy atom. The SMILES string of the molecule is CC(C)(C)OC(=O)N[Si][C@H](C#N)Cc1ccc(-c2ccc(C#N)cc2)cc1. The number of amides is 1. The van der Waals surface area contributed by atoms with E-state index in [4.69, 9.17) is 10.00 Å². The fraction of sp³-hybridized carbons (Fsp3) is 0.286. The van der Waals surface area contributed by atoms with E-state index in [1.807, 2.05) is 36.4 Å². The maximum atomic E-state index is 11.7. The van der Waals surface area contributed by atoms with Gasteiger partial charge in [0, 0.05) is 0 Å². The van der Waals surface area contributed by atoms with Gasteiger partial charge in [-0.25, -0.2) is 4.79 Å². The first-order chi connectivity index (χ1) is 12.8. The van der Waals surface area contributed by atoms with Gasteiger partial charge in [0.15, 0.2) is 0 Å². The molecule has 0 fully saturated rings. The molecule has 0 aliphatic rings. The Balaban J connectivity index is 1.94. The summed E-state index contributed by atoms with van der Waals surface area (Å²) >= 11 is 0. The van der Waals surface area contributed by atoms with Gasteiger partial charge in [0.05, 0.1) is 23.2 Å². The Morgan fingerprint density at radius 2 is 1.63 bits per heavy atom. The first kappa shape index (κ1) is 20.2. The molecule has 2 aromatic rings. The third-order valence-electron chi connectivity index (χ3n) is 3.64. The summed E-state index contributed by atoms with van der Waals surface area (Å²) in [7, 11) is -0.0327. The van der Waals surface area contributed by atoms with Crippen molar-refractivity contribution in [1.82, 2.24) is 4.98 Å². The summed E-state index contributed by atoms with van der Waals surface area (Å²) in [5.41, 5.74) is 2.87. The van der Waals surface area contributed by atoms with Crippen LogP contribution in [0.5, 0.6) is 0 Å². The van der Waals surface area contributed by atoms with Crippen LogP contribution in [0.3, 0.4) is 0 Å². The summed E-state index contributed by atoms with van der Waals surface area (Å²) in [6.07, 6.45) is 0.0514. The zero-order chi connectivity index (χ0) is 19.9. The molecule has 0 unspecified atom stereocenters. The van der Waals surface area contributed by atoms with E-state index in [9.17, 15) is 10.1 Å². The van der Waals surface area contributed by atoms with E-state index >= 15 is 0 Å². The molecule has 1 atom stereocenters. The Bertz CT molecular complexity index is 857. The Labute approximate surface area is 162 Å². The Kier molecular flexibility index (Phi) is 6.76. The van der Waals surface area contributed by atoms with Crippen molar-refractivity contribution >= 4 is 15.8 Å². The van der Waals surface area contributed by atoms with Gasteiger partial charge in [0.25, 0.3) is 0 Å². The molecule has 2 aromatic carbocycles. The minimum Gasteiger partial charge on any atom is -0.444 e. The van der Waals surface area contributed by atoms with Gasteiger partial charge in [-0.3, -0.25) is 0 Å². The summed E-state index contributed by atoms with van der Waals surface area (Å²) in [6.45, 7) is 5.40. The van der Waals surface area contributed by atoms with Gasteiger partial charge >= 0.3 is 6.09 Å². The molecule has 1 N–H and O–H groups in total. The van der Waals surface area contributed by atoms with Gasteiger partial charge in [-0.15, -0.1) is 0 Å². The van der Waals surface area contributed by atoms with Crippen molar-refractivity contribution in [2.45, 2.75) is 38.3 Å². The summed E-state index contributed by atoms with van der Waals surface area (Å²) < 4.78 is 5.19. The van der Waals surface area contributed by atoms with Crippen molar-refractivity contribution < 1.29 is 9.53 Å². The van der Waals surface area contributed by atoms with E-state index in [1.165, 1.54) is 0 Å². The second-order valence-electron chi connectivity index (χ2n) is 7.04. The summed E-state index contributed by atoms with van der Waals surface area (Å²) in [5.74, 6) is 0. The monoisotopic (exact) mass is 375 g/mol. The van der Waals surface area contributed by atoms with Gasteiger partial charge < -0.3 is 9.72 Å². The van der Waals surface area contributed by atoms with Crippen LogP contribution < -0.4 is 4.98 Å². The molecular weight excluding hydrogens is 354 g/mol. The van der Waals surface area contributed by atoms with Crippen LogP contribution >= 0.6 is 0 Å². The zero-order valence-corrected chi connectivity index (χ0v) is 16.6. The number of hydrogen-bond acceptors (Lipinski definition) is 4. The van der Waals surface area contributed by atoms with E-state index in [-0.39, 0.29) is 15.2 Å². The number of rotatable bonds is 5. The third kappa shape index (κ3) is 6.61. The molecule has 5 nitrogen and oxygen atoms in total. The van der Waals surface area contributed by atoms with E-state index in [0.29, 0.717) is 12.0 Å². The number of hydrogen-bond donors (Lipinski definition) is 1. The van der Waals surface area contributed by atoms with Gasteiger partial charge in [0.1, 0.15) is 5.60 Å². The fourth-order valence-electron chi connectivity index (χ4n) is 2.38. The molecule has 1 amide bonds.